The van der Waals surface area contributed by atoms with E-state index in [-0.39, 0.29) is 17.3 Å². The van der Waals surface area contributed by atoms with Gasteiger partial charge >= 0.3 is 5.97 Å². The number of Topliss-reactive ketones (excluding diaryl/α,β-unsaturated/α-hetero) is 1. The average molecular weight is 354 g/mol. The molecule has 0 aromatic heterocycles. The second-order valence-corrected chi connectivity index (χ2v) is 6.38. The van der Waals surface area contributed by atoms with E-state index in [0.29, 0.717) is 29.0 Å². The number of phenols is 1. The molecule has 134 valence electrons. The van der Waals surface area contributed by atoms with Gasteiger partial charge in [-0.05, 0) is 35.9 Å². The van der Waals surface area contributed by atoms with Gasteiger partial charge in [-0.3, -0.25) is 4.79 Å². The maximum absolute atomic E-state index is 12.6. The molecule has 3 rings (SSSR count). The predicted octanol–water partition coefficient (Wildman–Crippen LogP) is 1.44. The van der Waals surface area contributed by atoms with Gasteiger partial charge in [0.2, 0.25) is 5.78 Å². The Morgan fingerprint density at radius 3 is 2.50 bits per heavy atom. The minimum Gasteiger partial charge on any atom is -0.507 e. The quantitative estimate of drug-likeness (QED) is 0.642. The number of phenolic OH excluding ortho intramolecular Hbond substituents is 1. The number of carbonyl (C=O) groups is 2. The Balaban J connectivity index is 1.92. The topological polar surface area (TPSA) is 77.3 Å². The third-order valence-corrected chi connectivity index (χ3v) is 4.08. The lowest BCUT2D eigenvalue weighted by molar-refractivity contribution is -0.872. The highest BCUT2D eigenvalue weighted by Gasteiger charge is 2.31. The van der Waals surface area contributed by atoms with Gasteiger partial charge in [-0.2, -0.15) is 0 Å². The van der Waals surface area contributed by atoms with Crippen molar-refractivity contribution in [1.82, 2.24) is 0 Å². The van der Waals surface area contributed by atoms with Crippen LogP contribution in [0.15, 0.2) is 42.2 Å². The molecule has 2 aromatic carbocycles. The van der Waals surface area contributed by atoms with Gasteiger partial charge in [-0.1, -0.05) is 12.1 Å². The van der Waals surface area contributed by atoms with Crippen LogP contribution in [-0.2, 0) is 11.3 Å². The number of aromatic hydroxyl groups is 1. The first-order chi connectivity index (χ1) is 12.4. The van der Waals surface area contributed by atoms with Crippen molar-refractivity contribution >= 4 is 17.8 Å². The second kappa shape index (κ2) is 7.01. The first-order valence-electron chi connectivity index (χ1n) is 8.17. The molecule has 2 aromatic rings. The van der Waals surface area contributed by atoms with Gasteiger partial charge in [-0.25, -0.2) is 4.79 Å². The van der Waals surface area contributed by atoms with Crippen LogP contribution in [0.5, 0.6) is 11.5 Å². The highest BCUT2D eigenvalue weighted by molar-refractivity contribution is 6.15. The number of ether oxygens (including phenoxy) is 2. The molecule has 0 bridgehead atoms. The number of hydrogen-bond donors (Lipinski definition) is 2. The molecule has 0 fully saturated rings. The molecule has 0 unspecified atom stereocenters. The maximum Gasteiger partial charge on any atom is 0.337 e. The molecular formula is C20H20NO5+. The fraction of sp³-hybridized carbons (Fsp3) is 0.200. The van der Waals surface area contributed by atoms with Crippen LogP contribution < -0.4 is 9.64 Å². The van der Waals surface area contributed by atoms with Crippen LogP contribution in [0.3, 0.4) is 0 Å². The molecule has 0 aliphatic carbocycles. The van der Waals surface area contributed by atoms with Crippen molar-refractivity contribution in [1.29, 1.82) is 0 Å². The number of carbonyl (C=O) groups excluding carboxylic acids is 2. The third-order valence-electron chi connectivity index (χ3n) is 4.08. The monoisotopic (exact) mass is 354 g/mol. The van der Waals surface area contributed by atoms with Crippen LogP contribution in [0.4, 0.5) is 0 Å². The molecule has 6 heteroatoms. The summed E-state index contributed by atoms with van der Waals surface area (Å²) in [4.78, 5) is 25.2. The lowest BCUT2D eigenvalue weighted by Crippen LogP contribution is -3.04. The fourth-order valence-corrected chi connectivity index (χ4v) is 2.81. The third kappa shape index (κ3) is 3.32. The minimum atomic E-state index is -0.420. The van der Waals surface area contributed by atoms with Crippen molar-refractivity contribution in [3.8, 4) is 11.5 Å². The van der Waals surface area contributed by atoms with Crippen LogP contribution in [0.1, 0.15) is 31.8 Å². The first kappa shape index (κ1) is 17.7. The summed E-state index contributed by atoms with van der Waals surface area (Å²) in [6.45, 7) is 0.531. The van der Waals surface area contributed by atoms with Crippen LogP contribution in [0, 0.1) is 0 Å². The summed E-state index contributed by atoms with van der Waals surface area (Å²) in [6.07, 6.45) is 1.62. The first-order valence-corrected chi connectivity index (χ1v) is 8.17. The SMILES string of the molecule is COC(=O)c1ccc(/C=C2\Oc3c(ccc(O)c3C[NH+](C)C)C2=O)cc1. The summed E-state index contributed by atoms with van der Waals surface area (Å²) in [7, 11) is 5.23. The Morgan fingerprint density at radius 2 is 1.88 bits per heavy atom. The Hall–Kier alpha value is -3.12. The summed E-state index contributed by atoms with van der Waals surface area (Å²) in [5, 5.41) is 10.1. The summed E-state index contributed by atoms with van der Waals surface area (Å²) in [6, 6.07) is 9.76. The fourth-order valence-electron chi connectivity index (χ4n) is 2.81. The number of ketones is 1. The molecule has 0 amide bonds. The van der Waals surface area contributed by atoms with Crippen LogP contribution in [0.25, 0.3) is 6.08 Å². The zero-order valence-corrected chi connectivity index (χ0v) is 14.8. The summed E-state index contributed by atoms with van der Waals surface area (Å²) >= 11 is 0. The second-order valence-electron chi connectivity index (χ2n) is 6.38. The number of fused-ring (bicyclic) bond motifs is 1. The minimum absolute atomic E-state index is 0.112. The number of allylic oxidation sites excluding steroid dienone is 1. The molecule has 0 saturated carbocycles. The Labute approximate surface area is 151 Å². The summed E-state index contributed by atoms with van der Waals surface area (Å²) < 4.78 is 10.4. The van der Waals surface area contributed by atoms with Gasteiger partial charge in [-0.15, -0.1) is 0 Å². The average Bonchev–Trinajstić information content (AvgIpc) is 2.93. The molecule has 0 atom stereocenters. The van der Waals surface area contributed by atoms with E-state index in [1.807, 2.05) is 14.1 Å². The molecule has 1 aliphatic rings. The Bertz CT molecular complexity index is 897. The number of benzene rings is 2. The van der Waals surface area contributed by atoms with Crippen LogP contribution in [0.2, 0.25) is 0 Å². The molecular weight excluding hydrogens is 334 g/mol. The molecule has 2 N–H and O–H groups in total. The van der Waals surface area contributed by atoms with Crippen molar-refractivity contribution in [2.75, 3.05) is 21.2 Å². The van der Waals surface area contributed by atoms with Crippen molar-refractivity contribution in [2.24, 2.45) is 0 Å². The number of methoxy groups -OCH3 is 1. The molecule has 6 nitrogen and oxygen atoms in total. The Kier molecular flexibility index (Phi) is 4.77. The van der Waals surface area contributed by atoms with Gasteiger partial charge in [0.1, 0.15) is 12.3 Å². The highest BCUT2D eigenvalue weighted by Crippen LogP contribution is 2.39. The van der Waals surface area contributed by atoms with Crippen molar-refractivity contribution in [3.05, 3.63) is 64.4 Å². The normalized spacial score (nSPS) is 14.5. The number of nitrogens with one attached hydrogen (secondary N) is 1. The van der Waals surface area contributed by atoms with Crippen molar-refractivity contribution in [2.45, 2.75) is 6.54 Å². The van der Waals surface area contributed by atoms with Gasteiger partial charge < -0.3 is 19.5 Å². The molecule has 0 saturated heterocycles. The molecule has 1 aliphatic heterocycles. The van der Waals surface area contributed by atoms with E-state index in [1.54, 1.807) is 36.4 Å². The lowest BCUT2D eigenvalue weighted by Gasteiger charge is -2.12. The van der Waals surface area contributed by atoms with E-state index in [1.165, 1.54) is 13.2 Å². The van der Waals surface area contributed by atoms with Crippen molar-refractivity contribution in [3.63, 3.8) is 0 Å². The smallest absolute Gasteiger partial charge is 0.337 e. The van der Waals surface area contributed by atoms with E-state index in [4.69, 9.17) is 4.74 Å². The van der Waals surface area contributed by atoms with Crippen molar-refractivity contribution < 1.29 is 29.1 Å². The van der Waals surface area contributed by atoms with E-state index >= 15 is 0 Å². The van der Waals surface area contributed by atoms with Gasteiger partial charge in [0.25, 0.3) is 0 Å². The highest BCUT2D eigenvalue weighted by atomic mass is 16.5. The number of quaternary nitrogens is 1. The zero-order valence-electron chi connectivity index (χ0n) is 14.8. The van der Waals surface area contributed by atoms with E-state index < -0.39 is 5.97 Å². The standard InChI is InChI=1S/C20H19NO5/c1-21(2)11-15-16(22)9-8-14-18(23)17(26-19(14)15)10-12-4-6-13(7-5-12)20(24)25-3/h4-10,22H,11H2,1-3H3/p+1/b17-10-. The molecule has 0 radical (unpaired) electrons. The summed E-state index contributed by atoms with van der Waals surface area (Å²) in [5.74, 6) is 0.0599. The van der Waals surface area contributed by atoms with Gasteiger partial charge in [0.15, 0.2) is 11.5 Å². The van der Waals surface area contributed by atoms with E-state index in [9.17, 15) is 14.7 Å². The maximum atomic E-state index is 12.6. The predicted molar refractivity (Wildman–Crippen MR) is 95.3 cm³/mol. The largest absolute Gasteiger partial charge is 0.507 e. The zero-order chi connectivity index (χ0) is 18.8. The lowest BCUT2D eigenvalue weighted by atomic mass is 10.0. The number of hydrogen-bond acceptors (Lipinski definition) is 5. The van der Waals surface area contributed by atoms with Gasteiger partial charge in [0.05, 0.1) is 37.9 Å². The van der Waals surface area contributed by atoms with E-state index in [2.05, 4.69) is 4.74 Å². The van der Waals surface area contributed by atoms with Gasteiger partial charge in [0, 0.05) is 0 Å². The van der Waals surface area contributed by atoms with Crippen LogP contribution in [-0.4, -0.2) is 38.1 Å². The Morgan fingerprint density at radius 1 is 1.19 bits per heavy atom. The number of rotatable bonds is 4. The number of esters is 1. The molecule has 0 spiro atoms. The molecule has 1 heterocycles. The molecule has 26 heavy (non-hydrogen) atoms. The van der Waals surface area contributed by atoms with E-state index in [0.717, 1.165) is 10.5 Å². The summed E-state index contributed by atoms with van der Waals surface area (Å²) in [5.41, 5.74) is 2.20. The van der Waals surface area contributed by atoms with Crippen LogP contribution >= 0.6 is 0 Å².